The van der Waals surface area contributed by atoms with Gasteiger partial charge in [0, 0.05) is 36.4 Å². The number of benzene rings is 2. The Labute approximate surface area is 175 Å². The number of ether oxygens (including phenoxy) is 1. The first-order valence-corrected chi connectivity index (χ1v) is 10.0. The van der Waals surface area contributed by atoms with Gasteiger partial charge in [-0.3, -0.25) is 0 Å². The third-order valence-corrected chi connectivity index (χ3v) is 4.71. The molecule has 30 heavy (non-hydrogen) atoms. The predicted octanol–water partition coefficient (Wildman–Crippen LogP) is 3.58. The van der Waals surface area contributed by atoms with Gasteiger partial charge >= 0.3 is 6.03 Å². The quantitative estimate of drug-likeness (QED) is 0.675. The van der Waals surface area contributed by atoms with Crippen LogP contribution in [0.5, 0.6) is 0 Å². The molecule has 0 bridgehead atoms. The van der Waals surface area contributed by atoms with Crippen LogP contribution >= 0.6 is 0 Å². The van der Waals surface area contributed by atoms with E-state index < -0.39 is 0 Å². The summed E-state index contributed by atoms with van der Waals surface area (Å²) in [6.45, 7) is 4.92. The lowest BCUT2D eigenvalue weighted by molar-refractivity contribution is 0.122. The third-order valence-electron chi connectivity index (χ3n) is 4.71. The molecule has 3 aromatic rings. The standard InChI is InChI=1S/C22H24N6O2/c1-2-19-25-20(27-21(26-19)28-12-14-30-15-13-28)16-8-10-18(11-9-16)24-22(29)23-17-6-4-3-5-7-17/h3-11H,2,12-15H2,1H3,(H2,23,24,29). The van der Waals surface area contributed by atoms with Crippen molar-refractivity contribution >= 4 is 23.4 Å². The smallest absolute Gasteiger partial charge is 0.323 e. The molecule has 4 rings (SSSR count). The molecule has 1 aliphatic heterocycles. The maximum atomic E-state index is 12.2. The normalized spacial score (nSPS) is 13.7. The molecule has 0 unspecified atom stereocenters. The highest BCUT2D eigenvalue weighted by atomic mass is 16.5. The van der Waals surface area contributed by atoms with Crippen molar-refractivity contribution in [1.29, 1.82) is 0 Å². The molecule has 0 aliphatic carbocycles. The zero-order valence-corrected chi connectivity index (χ0v) is 16.8. The summed E-state index contributed by atoms with van der Waals surface area (Å²) < 4.78 is 5.42. The summed E-state index contributed by atoms with van der Waals surface area (Å²) in [5, 5.41) is 5.63. The number of amides is 2. The number of aryl methyl sites for hydroxylation is 1. The highest BCUT2D eigenvalue weighted by Crippen LogP contribution is 2.21. The number of carbonyl (C=O) groups is 1. The number of rotatable bonds is 5. The summed E-state index contributed by atoms with van der Waals surface area (Å²) in [7, 11) is 0. The van der Waals surface area contributed by atoms with Crippen LogP contribution in [0, 0.1) is 0 Å². The average molecular weight is 404 g/mol. The van der Waals surface area contributed by atoms with Gasteiger partial charge in [-0.1, -0.05) is 25.1 Å². The zero-order valence-electron chi connectivity index (χ0n) is 16.8. The van der Waals surface area contributed by atoms with E-state index in [4.69, 9.17) is 4.74 Å². The molecule has 2 aromatic carbocycles. The molecule has 2 amide bonds. The van der Waals surface area contributed by atoms with E-state index in [2.05, 4.69) is 30.5 Å². The number of aromatic nitrogens is 3. The van der Waals surface area contributed by atoms with E-state index in [1.165, 1.54) is 0 Å². The van der Waals surface area contributed by atoms with Crippen LogP contribution in [0.25, 0.3) is 11.4 Å². The minimum atomic E-state index is -0.294. The molecule has 0 radical (unpaired) electrons. The zero-order chi connectivity index (χ0) is 20.8. The Morgan fingerprint density at radius 2 is 1.60 bits per heavy atom. The monoisotopic (exact) mass is 404 g/mol. The molecular formula is C22H24N6O2. The maximum Gasteiger partial charge on any atom is 0.323 e. The predicted molar refractivity (Wildman–Crippen MR) is 117 cm³/mol. The van der Waals surface area contributed by atoms with Gasteiger partial charge in [0.25, 0.3) is 0 Å². The molecule has 1 fully saturated rings. The summed E-state index contributed by atoms with van der Waals surface area (Å²) >= 11 is 0. The van der Waals surface area contributed by atoms with Crippen LogP contribution in [-0.4, -0.2) is 47.3 Å². The summed E-state index contributed by atoms with van der Waals surface area (Å²) in [4.78, 5) is 28.1. The van der Waals surface area contributed by atoms with Crippen molar-refractivity contribution in [2.75, 3.05) is 41.8 Å². The van der Waals surface area contributed by atoms with Crippen LogP contribution < -0.4 is 15.5 Å². The SMILES string of the molecule is CCc1nc(-c2ccc(NC(=O)Nc3ccccc3)cc2)nc(N2CCOCC2)n1. The van der Waals surface area contributed by atoms with Crippen LogP contribution in [0.4, 0.5) is 22.1 Å². The van der Waals surface area contributed by atoms with E-state index in [9.17, 15) is 4.79 Å². The number of para-hydroxylation sites is 1. The van der Waals surface area contributed by atoms with Crippen LogP contribution in [0.15, 0.2) is 54.6 Å². The van der Waals surface area contributed by atoms with E-state index in [1.807, 2.05) is 61.5 Å². The van der Waals surface area contributed by atoms with Gasteiger partial charge in [0.2, 0.25) is 5.95 Å². The first-order valence-electron chi connectivity index (χ1n) is 10.0. The van der Waals surface area contributed by atoms with Crippen LogP contribution in [0.3, 0.4) is 0 Å². The number of urea groups is 1. The van der Waals surface area contributed by atoms with Crippen LogP contribution in [0.1, 0.15) is 12.7 Å². The maximum absolute atomic E-state index is 12.2. The Hall–Kier alpha value is -3.52. The average Bonchev–Trinajstić information content (AvgIpc) is 2.80. The first-order chi connectivity index (χ1) is 14.7. The third kappa shape index (κ3) is 4.90. The number of nitrogens with zero attached hydrogens (tertiary/aromatic N) is 4. The van der Waals surface area contributed by atoms with Crippen molar-refractivity contribution in [2.45, 2.75) is 13.3 Å². The molecule has 0 saturated carbocycles. The van der Waals surface area contributed by atoms with E-state index >= 15 is 0 Å². The Bertz CT molecular complexity index is 988. The molecular weight excluding hydrogens is 380 g/mol. The minimum Gasteiger partial charge on any atom is -0.378 e. The van der Waals surface area contributed by atoms with Crippen molar-refractivity contribution in [3.05, 3.63) is 60.4 Å². The second kappa shape index (κ2) is 9.32. The summed E-state index contributed by atoms with van der Waals surface area (Å²) in [5.74, 6) is 2.07. The molecule has 1 aliphatic rings. The van der Waals surface area contributed by atoms with Crippen molar-refractivity contribution in [3.63, 3.8) is 0 Å². The number of hydrogen-bond donors (Lipinski definition) is 2. The lowest BCUT2D eigenvalue weighted by Crippen LogP contribution is -2.37. The Morgan fingerprint density at radius 3 is 2.27 bits per heavy atom. The lowest BCUT2D eigenvalue weighted by atomic mass is 10.2. The summed E-state index contributed by atoms with van der Waals surface area (Å²) in [5.41, 5.74) is 2.29. The van der Waals surface area contributed by atoms with Crippen molar-refractivity contribution in [2.24, 2.45) is 0 Å². The van der Waals surface area contributed by atoms with Crippen molar-refractivity contribution in [3.8, 4) is 11.4 Å². The number of nitrogens with one attached hydrogen (secondary N) is 2. The minimum absolute atomic E-state index is 0.294. The molecule has 1 saturated heterocycles. The van der Waals surface area contributed by atoms with E-state index in [0.717, 1.165) is 36.6 Å². The van der Waals surface area contributed by atoms with Crippen LogP contribution in [-0.2, 0) is 11.2 Å². The van der Waals surface area contributed by atoms with Crippen LogP contribution in [0.2, 0.25) is 0 Å². The lowest BCUT2D eigenvalue weighted by Gasteiger charge is -2.27. The van der Waals surface area contributed by atoms with Gasteiger partial charge in [0.1, 0.15) is 5.82 Å². The number of morpholine rings is 1. The molecule has 2 heterocycles. The Kier molecular flexibility index (Phi) is 6.14. The fourth-order valence-electron chi connectivity index (χ4n) is 3.12. The van der Waals surface area contributed by atoms with Gasteiger partial charge in [0.15, 0.2) is 5.82 Å². The van der Waals surface area contributed by atoms with Crippen molar-refractivity contribution in [1.82, 2.24) is 15.0 Å². The van der Waals surface area contributed by atoms with Crippen molar-refractivity contribution < 1.29 is 9.53 Å². The number of hydrogen-bond acceptors (Lipinski definition) is 6. The Morgan fingerprint density at radius 1 is 0.933 bits per heavy atom. The second-order valence-corrected chi connectivity index (χ2v) is 6.85. The fraction of sp³-hybridized carbons (Fsp3) is 0.273. The van der Waals surface area contributed by atoms with Gasteiger partial charge in [-0.2, -0.15) is 9.97 Å². The van der Waals surface area contributed by atoms with Gasteiger partial charge in [-0.25, -0.2) is 9.78 Å². The molecule has 2 N–H and O–H groups in total. The molecule has 1 aromatic heterocycles. The Balaban J connectivity index is 1.48. The number of carbonyl (C=O) groups excluding carboxylic acids is 1. The second-order valence-electron chi connectivity index (χ2n) is 6.85. The van der Waals surface area contributed by atoms with E-state index in [0.29, 0.717) is 30.7 Å². The van der Waals surface area contributed by atoms with Gasteiger partial charge in [-0.05, 0) is 36.4 Å². The topological polar surface area (TPSA) is 92.3 Å². The van der Waals surface area contributed by atoms with Gasteiger partial charge in [0.05, 0.1) is 13.2 Å². The highest BCUT2D eigenvalue weighted by Gasteiger charge is 2.17. The highest BCUT2D eigenvalue weighted by molar-refractivity contribution is 5.99. The van der Waals surface area contributed by atoms with Gasteiger partial charge in [-0.15, -0.1) is 0 Å². The first kappa shape index (κ1) is 19.8. The molecule has 0 spiro atoms. The largest absolute Gasteiger partial charge is 0.378 e. The molecule has 0 atom stereocenters. The summed E-state index contributed by atoms with van der Waals surface area (Å²) in [6.07, 6.45) is 0.728. The van der Waals surface area contributed by atoms with E-state index in [-0.39, 0.29) is 6.03 Å². The molecule has 8 heteroatoms. The molecule has 8 nitrogen and oxygen atoms in total. The fourth-order valence-corrected chi connectivity index (χ4v) is 3.12. The summed E-state index contributed by atoms with van der Waals surface area (Å²) in [6, 6.07) is 16.5. The van der Waals surface area contributed by atoms with E-state index in [1.54, 1.807) is 0 Å². The number of anilines is 3. The van der Waals surface area contributed by atoms with Gasteiger partial charge < -0.3 is 20.3 Å². The molecule has 154 valence electrons.